The summed E-state index contributed by atoms with van der Waals surface area (Å²) in [6.07, 6.45) is -0.833. The van der Waals surface area contributed by atoms with Crippen LogP contribution >= 0.6 is 0 Å². The van der Waals surface area contributed by atoms with Crippen LogP contribution in [0.4, 0.5) is 0 Å². The van der Waals surface area contributed by atoms with Gasteiger partial charge in [-0.1, -0.05) is 27.7 Å². The molecule has 2 nitrogen and oxygen atoms in total. The van der Waals surface area contributed by atoms with E-state index < -0.39 is 12.2 Å². The zero-order valence-electron chi connectivity index (χ0n) is 7.97. The molecule has 0 aliphatic heterocycles. The summed E-state index contributed by atoms with van der Waals surface area (Å²) in [6, 6.07) is 0. The molecular weight excluding hydrogens is 150 g/mol. The second kappa shape index (κ2) is 17.3. The number of hydrogen-bond donors (Lipinski definition) is 0. The minimum atomic E-state index is -0.417. The molecule has 0 aliphatic carbocycles. The van der Waals surface area contributed by atoms with E-state index in [1.54, 1.807) is 27.7 Å². The molecule has 0 aromatic rings. The summed E-state index contributed by atoms with van der Waals surface area (Å²) in [5.41, 5.74) is 0. The molecule has 0 saturated heterocycles. The van der Waals surface area contributed by atoms with E-state index in [-0.39, 0.29) is 70.2 Å². The van der Waals surface area contributed by atoms with Crippen LogP contribution in [0, 0.1) is 0 Å². The van der Waals surface area contributed by atoms with Gasteiger partial charge in [0.15, 0.2) is 0 Å². The molecule has 10 heavy (non-hydrogen) atoms. The average Bonchev–Trinajstić information content (AvgIpc) is 1.25. The SMILES string of the molecule is CC(C)[O-].CC(C)[O-].[K+].[Li+]. The number of rotatable bonds is 0. The van der Waals surface area contributed by atoms with Gasteiger partial charge in [-0.05, 0) is 0 Å². The summed E-state index contributed by atoms with van der Waals surface area (Å²) >= 11 is 0. The van der Waals surface area contributed by atoms with Gasteiger partial charge in [-0.15, -0.1) is 12.2 Å². The van der Waals surface area contributed by atoms with Gasteiger partial charge in [0.2, 0.25) is 0 Å². The standard InChI is InChI=1S/2C3H7O.K.Li/c2*1-3(2)4;;/h2*3H,1-2H3;;/q2*-1;2*+1. The van der Waals surface area contributed by atoms with Gasteiger partial charge in [0.25, 0.3) is 0 Å². The summed E-state index contributed by atoms with van der Waals surface area (Å²) in [7, 11) is 0. The van der Waals surface area contributed by atoms with Crippen LogP contribution in [-0.4, -0.2) is 12.2 Å². The Labute approximate surface area is 118 Å². The summed E-state index contributed by atoms with van der Waals surface area (Å²) < 4.78 is 0. The second-order valence-electron chi connectivity index (χ2n) is 2.10. The Morgan fingerprint density at radius 3 is 0.800 bits per heavy atom. The Kier molecular flexibility index (Phi) is 39.3. The molecule has 0 heterocycles. The van der Waals surface area contributed by atoms with Crippen LogP contribution < -0.4 is 80.5 Å². The molecule has 0 unspecified atom stereocenters. The molecule has 0 atom stereocenters. The molecule has 0 fully saturated rings. The molecule has 0 radical (unpaired) electrons. The minimum absolute atomic E-state index is 0. The van der Waals surface area contributed by atoms with Crippen molar-refractivity contribution in [1.82, 2.24) is 0 Å². The van der Waals surface area contributed by atoms with Gasteiger partial charge in [-0.3, -0.25) is 0 Å². The van der Waals surface area contributed by atoms with Crippen molar-refractivity contribution in [2.75, 3.05) is 0 Å². The van der Waals surface area contributed by atoms with E-state index in [2.05, 4.69) is 0 Å². The maximum Gasteiger partial charge on any atom is 1.00 e. The van der Waals surface area contributed by atoms with E-state index in [1.165, 1.54) is 0 Å². The Morgan fingerprint density at radius 2 is 0.800 bits per heavy atom. The first-order valence-corrected chi connectivity index (χ1v) is 2.78. The fraction of sp³-hybridized carbons (Fsp3) is 1.00. The van der Waals surface area contributed by atoms with Crippen LogP contribution in [0.2, 0.25) is 0 Å². The maximum absolute atomic E-state index is 9.53. The van der Waals surface area contributed by atoms with Gasteiger partial charge in [0.1, 0.15) is 0 Å². The van der Waals surface area contributed by atoms with Crippen LogP contribution in [0.25, 0.3) is 0 Å². The van der Waals surface area contributed by atoms with Crippen LogP contribution in [0.5, 0.6) is 0 Å². The fourth-order valence-corrected chi connectivity index (χ4v) is 0. The van der Waals surface area contributed by atoms with Crippen molar-refractivity contribution >= 4 is 0 Å². The molecule has 0 aliphatic rings. The van der Waals surface area contributed by atoms with E-state index in [9.17, 15) is 10.2 Å². The first kappa shape index (κ1) is 22.7. The normalized spacial score (nSPS) is 7.20. The van der Waals surface area contributed by atoms with Crippen LogP contribution in [0.1, 0.15) is 27.7 Å². The monoisotopic (exact) mass is 164 g/mol. The van der Waals surface area contributed by atoms with Crippen molar-refractivity contribution in [3.05, 3.63) is 0 Å². The van der Waals surface area contributed by atoms with Crippen LogP contribution in [0.3, 0.4) is 0 Å². The van der Waals surface area contributed by atoms with Crippen molar-refractivity contribution < 1.29 is 80.5 Å². The maximum atomic E-state index is 9.53. The third-order valence-electron chi connectivity index (χ3n) is 0. The van der Waals surface area contributed by atoms with Crippen LogP contribution in [-0.2, 0) is 0 Å². The quantitative estimate of drug-likeness (QED) is 0.334. The Hall–Kier alpha value is 2.15. The zero-order chi connectivity index (χ0) is 7.15. The first-order chi connectivity index (χ1) is 3.46. The van der Waals surface area contributed by atoms with E-state index in [0.717, 1.165) is 0 Å². The molecule has 0 aromatic carbocycles. The van der Waals surface area contributed by atoms with Crippen molar-refractivity contribution in [2.24, 2.45) is 0 Å². The largest absolute Gasteiger partial charge is 1.00 e. The van der Waals surface area contributed by atoms with E-state index in [1.807, 2.05) is 0 Å². The van der Waals surface area contributed by atoms with Crippen LogP contribution in [0.15, 0.2) is 0 Å². The molecule has 0 bridgehead atoms. The molecule has 52 valence electrons. The molecule has 0 saturated carbocycles. The van der Waals surface area contributed by atoms with Crippen molar-refractivity contribution in [2.45, 2.75) is 39.9 Å². The van der Waals surface area contributed by atoms with Gasteiger partial charge in [0, 0.05) is 0 Å². The van der Waals surface area contributed by atoms with Crippen molar-refractivity contribution in [3.63, 3.8) is 0 Å². The fourth-order valence-electron chi connectivity index (χ4n) is 0. The van der Waals surface area contributed by atoms with Gasteiger partial charge < -0.3 is 10.2 Å². The topological polar surface area (TPSA) is 46.1 Å². The summed E-state index contributed by atoms with van der Waals surface area (Å²) in [6.45, 7) is 6.44. The third-order valence-corrected chi connectivity index (χ3v) is 0. The molecule has 0 spiro atoms. The van der Waals surface area contributed by atoms with Gasteiger partial charge in [0.05, 0.1) is 0 Å². The Balaban J connectivity index is -0.0000000300. The predicted molar refractivity (Wildman–Crippen MR) is 30.3 cm³/mol. The van der Waals surface area contributed by atoms with Crippen molar-refractivity contribution in [1.29, 1.82) is 0 Å². The van der Waals surface area contributed by atoms with Gasteiger partial charge >= 0.3 is 70.2 Å². The smallest absolute Gasteiger partial charge is 0.852 e. The molecular formula is C6H14KLiO2. The van der Waals surface area contributed by atoms with E-state index in [4.69, 9.17) is 0 Å². The number of hydrogen-bond acceptors (Lipinski definition) is 2. The average molecular weight is 164 g/mol. The second-order valence-corrected chi connectivity index (χ2v) is 2.10. The van der Waals surface area contributed by atoms with Crippen molar-refractivity contribution in [3.8, 4) is 0 Å². The molecule has 0 N–H and O–H groups in total. The Bertz CT molecular complexity index is 31.2. The predicted octanol–water partition coefficient (Wildman–Crippen LogP) is -6.48. The summed E-state index contributed by atoms with van der Waals surface area (Å²) in [4.78, 5) is 0. The first-order valence-electron chi connectivity index (χ1n) is 2.78. The van der Waals surface area contributed by atoms with Gasteiger partial charge in [-0.2, -0.15) is 0 Å². The van der Waals surface area contributed by atoms with Gasteiger partial charge in [-0.25, -0.2) is 0 Å². The van der Waals surface area contributed by atoms with E-state index >= 15 is 0 Å². The zero-order valence-corrected chi connectivity index (χ0v) is 11.1. The molecule has 0 rings (SSSR count). The summed E-state index contributed by atoms with van der Waals surface area (Å²) in [5, 5.41) is 19.1. The summed E-state index contributed by atoms with van der Waals surface area (Å²) in [5.74, 6) is 0. The molecule has 0 aromatic heterocycles. The Morgan fingerprint density at radius 1 is 0.800 bits per heavy atom. The molecule has 4 heteroatoms. The van der Waals surface area contributed by atoms with E-state index in [0.29, 0.717) is 0 Å². The molecule has 0 amide bonds. The third kappa shape index (κ3) is 183. The minimum Gasteiger partial charge on any atom is -0.852 e.